The smallest absolute Gasteiger partial charge is 0.416 e. The highest BCUT2D eigenvalue weighted by atomic mass is 32.2. The number of halogens is 6. The van der Waals surface area contributed by atoms with Crippen molar-refractivity contribution in [2.24, 2.45) is 0 Å². The molecule has 0 aliphatic carbocycles. The van der Waals surface area contributed by atoms with Gasteiger partial charge in [-0.05, 0) is 30.3 Å². The zero-order valence-corrected chi connectivity index (χ0v) is 16.1. The molecule has 2 aromatic rings. The van der Waals surface area contributed by atoms with Crippen molar-refractivity contribution < 1.29 is 40.7 Å². The number of thioether (sulfide) groups is 1. The van der Waals surface area contributed by atoms with Crippen LogP contribution in [0.2, 0.25) is 0 Å². The number of nitriles is 1. The van der Waals surface area contributed by atoms with E-state index in [4.69, 9.17) is 5.26 Å². The van der Waals surface area contributed by atoms with Crippen molar-refractivity contribution in [1.29, 1.82) is 5.26 Å². The molecule has 0 saturated heterocycles. The molecule has 0 aliphatic rings. The number of hydrogen-bond acceptors (Lipinski definition) is 5. The number of anilines is 1. The predicted molar refractivity (Wildman–Crippen MR) is 98.1 cm³/mol. The molecule has 0 aromatic heterocycles. The van der Waals surface area contributed by atoms with E-state index in [0.717, 1.165) is 11.8 Å². The lowest BCUT2D eigenvalue weighted by atomic mass is 10.0. The third kappa shape index (κ3) is 6.92. The summed E-state index contributed by atoms with van der Waals surface area (Å²) in [5.41, 5.74) is -4.06. The number of esters is 1. The van der Waals surface area contributed by atoms with Crippen LogP contribution < -0.4 is 5.32 Å². The number of nitrogens with one attached hydrogen (secondary N) is 1. The van der Waals surface area contributed by atoms with E-state index in [1.54, 1.807) is 18.2 Å². The largest absolute Gasteiger partial charge is 0.452 e. The summed E-state index contributed by atoms with van der Waals surface area (Å²) in [5, 5.41) is 11.0. The summed E-state index contributed by atoms with van der Waals surface area (Å²) in [7, 11) is 0. The summed E-state index contributed by atoms with van der Waals surface area (Å²) in [5.74, 6) is -2.31. The van der Waals surface area contributed by atoms with E-state index in [2.05, 4.69) is 10.1 Å². The first kappa shape index (κ1) is 24.1. The van der Waals surface area contributed by atoms with Crippen LogP contribution in [0, 0.1) is 11.3 Å². The molecule has 0 unspecified atom stereocenters. The van der Waals surface area contributed by atoms with Gasteiger partial charge in [-0.1, -0.05) is 12.1 Å². The fraction of sp³-hybridized carbons (Fsp3) is 0.211. The summed E-state index contributed by atoms with van der Waals surface area (Å²) < 4.78 is 81.8. The molecule has 0 heterocycles. The Labute approximate surface area is 176 Å². The number of nitrogens with zero attached hydrogens (tertiary/aromatic N) is 1. The van der Waals surface area contributed by atoms with Gasteiger partial charge < -0.3 is 10.1 Å². The van der Waals surface area contributed by atoms with Gasteiger partial charge in [0.2, 0.25) is 0 Å². The number of benzene rings is 2. The Morgan fingerprint density at radius 3 is 2.13 bits per heavy atom. The van der Waals surface area contributed by atoms with Crippen LogP contribution in [0.5, 0.6) is 0 Å². The monoisotopic (exact) mass is 462 g/mol. The van der Waals surface area contributed by atoms with Gasteiger partial charge in [-0.3, -0.25) is 4.79 Å². The Morgan fingerprint density at radius 2 is 1.58 bits per heavy atom. The zero-order chi connectivity index (χ0) is 23.2. The Kier molecular flexibility index (Phi) is 7.56. The first-order valence-corrected chi connectivity index (χ1v) is 9.25. The SMILES string of the molecule is N#CCSc1ccccc1NC(=O)COC(=O)c1cc(C(F)(F)F)cc(C(F)(F)F)c1. The molecular weight excluding hydrogens is 450 g/mol. The number of ether oxygens (including phenoxy) is 1. The van der Waals surface area contributed by atoms with Crippen LogP contribution in [0.1, 0.15) is 21.5 Å². The highest BCUT2D eigenvalue weighted by Crippen LogP contribution is 2.36. The van der Waals surface area contributed by atoms with Gasteiger partial charge in [0.15, 0.2) is 6.61 Å². The molecule has 31 heavy (non-hydrogen) atoms. The van der Waals surface area contributed by atoms with Gasteiger partial charge in [-0.15, -0.1) is 11.8 Å². The van der Waals surface area contributed by atoms with Crippen LogP contribution in [0.15, 0.2) is 47.4 Å². The van der Waals surface area contributed by atoms with E-state index in [1.807, 2.05) is 6.07 Å². The number of amides is 1. The van der Waals surface area contributed by atoms with Crippen molar-refractivity contribution in [3.63, 3.8) is 0 Å². The number of rotatable bonds is 6. The second-order valence-electron chi connectivity index (χ2n) is 5.86. The van der Waals surface area contributed by atoms with Crippen LogP contribution in [0.4, 0.5) is 32.0 Å². The molecule has 0 radical (unpaired) electrons. The quantitative estimate of drug-likeness (QED) is 0.366. The Hall–Kier alpha value is -3.20. The molecule has 5 nitrogen and oxygen atoms in total. The molecule has 2 rings (SSSR count). The molecule has 12 heteroatoms. The van der Waals surface area contributed by atoms with E-state index >= 15 is 0 Å². The third-order valence-corrected chi connectivity index (χ3v) is 4.55. The van der Waals surface area contributed by atoms with Gasteiger partial charge in [0.1, 0.15) is 0 Å². The molecule has 1 amide bonds. The minimum absolute atomic E-state index is 0.0962. The van der Waals surface area contributed by atoms with Crippen molar-refractivity contribution in [1.82, 2.24) is 0 Å². The van der Waals surface area contributed by atoms with Crippen LogP contribution in [-0.4, -0.2) is 24.2 Å². The van der Waals surface area contributed by atoms with Crippen molar-refractivity contribution in [2.75, 3.05) is 17.7 Å². The molecule has 0 aliphatic heterocycles. The van der Waals surface area contributed by atoms with Crippen LogP contribution >= 0.6 is 11.8 Å². The summed E-state index contributed by atoms with van der Waals surface area (Å²) in [6.45, 7) is -0.951. The molecule has 2 aromatic carbocycles. The first-order valence-electron chi connectivity index (χ1n) is 8.27. The molecule has 0 spiro atoms. The fourth-order valence-corrected chi connectivity index (χ4v) is 2.95. The highest BCUT2D eigenvalue weighted by molar-refractivity contribution is 7.99. The van der Waals surface area contributed by atoms with E-state index in [9.17, 15) is 35.9 Å². The maximum absolute atomic E-state index is 12.9. The van der Waals surface area contributed by atoms with Gasteiger partial charge in [0, 0.05) is 4.90 Å². The maximum Gasteiger partial charge on any atom is 0.416 e. The minimum Gasteiger partial charge on any atom is -0.452 e. The average Bonchev–Trinajstić information content (AvgIpc) is 2.69. The number of alkyl halides is 6. The van der Waals surface area contributed by atoms with Crippen molar-refractivity contribution in [2.45, 2.75) is 17.2 Å². The first-order chi connectivity index (χ1) is 14.4. The molecule has 0 saturated carbocycles. The molecule has 1 N–H and O–H groups in total. The van der Waals surface area contributed by atoms with Gasteiger partial charge >= 0.3 is 18.3 Å². The number of hydrogen-bond donors (Lipinski definition) is 1. The van der Waals surface area contributed by atoms with Gasteiger partial charge in [0.25, 0.3) is 5.91 Å². The lowest BCUT2D eigenvalue weighted by Gasteiger charge is -2.14. The number of carbonyl (C=O) groups excluding carboxylic acids is 2. The second-order valence-corrected chi connectivity index (χ2v) is 6.88. The summed E-state index contributed by atoms with van der Waals surface area (Å²) in [6.07, 6.45) is -10.3. The van der Waals surface area contributed by atoms with E-state index in [0.29, 0.717) is 10.6 Å². The predicted octanol–water partition coefficient (Wildman–Crippen LogP) is 5.14. The standard InChI is InChI=1S/C19H12F6N2O3S/c20-18(21,22)12-7-11(8-13(9-12)19(23,24)25)17(29)30-10-16(28)27-14-3-1-2-4-15(14)31-6-5-26/h1-4,7-9H,6,10H2,(H,27,28). The van der Waals surface area contributed by atoms with Crippen LogP contribution in [0.3, 0.4) is 0 Å². The molecular formula is C19H12F6N2O3S. The molecule has 0 fully saturated rings. The minimum atomic E-state index is -5.13. The topological polar surface area (TPSA) is 79.2 Å². The third-order valence-electron chi connectivity index (χ3n) is 3.61. The van der Waals surface area contributed by atoms with E-state index in [-0.39, 0.29) is 24.0 Å². The van der Waals surface area contributed by atoms with E-state index < -0.39 is 47.5 Å². The highest BCUT2D eigenvalue weighted by Gasteiger charge is 2.37. The van der Waals surface area contributed by atoms with Crippen molar-refractivity contribution in [3.05, 3.63) is 59.2 Å². The van der Waals surface area contributed by atoms with Crippen LogP contribution in [-0.2, 0) is 21.9 Å². The van der Waals surface area contributed by atoms with Crippen molar-refractivity contribution in [3.8, 4) is 6.07 Å². The number of para-hydroxylation sites is 1. The number of carbonyl (C=O) groups is 2. The van der Waals surface area contributed by atoms with Crippen molar-refractivity contribution >= 4 is 29.3 Å². The lowest BCUT2D eigenvalue weighted by molar-refractivity contribution is -0.143. The van der Waals surface area contributed by atoms with E-state index in [1.165, 1.54) is 6.07 Å². The van der Waals surface area contributed by atoms with Gasteiger partial charge in [-0.25, -0.2) is 4.79 Å². The Morgan fingerprint density at radius 1 is 1.00 bits per heavy atom. The second kappa shape index (κ2) is 9.74. The Bertz CT molecular complexity index is 983. The normalized spacial score (nSPS) is 11.5. The Balaban J connectivity index is 2.12. The average molecular weight is 462 g/mol. The zero-order valence-electron chi connectivity index (χ0n) is 15.3. The van der Waals surface area contributed by atoms with Gasteiger partial charge in [0.05, 0.1) is 34.2 Å². The summed E-state index contributed by atoms with van der Waals surface area (Å²) in [6, 6.07) is 8.56. The van der Waals surface area contributed by atoms with Gasteiger partial charge in [-0.2, -0.15) is 31.6 Å². The lowest BCUT2D eigenvalue weighted by Crippen LogP contribution is -2.22. The van der Waals surface area contributed by atoms with Crippen LogP contribution in [0.25, 0.3) is 0 Å². The summed E-state index contributed by atoms with van der Waals surface area (Å²) in [4.78, 5) is 24.5. The molecule has 0 bridgehead atoms. The summed E-state index contributed by atoms with van der Waals surface area (Å²) >= 11 is 1.12. The molecule has 164 valence electrons. The fourth-order valence-electron chi connectivity index (χ4n) is 2.28. The molecule has 0 atom stereocenters. The maximum atomic E-state index is 12.9.